The van der Waals surface area contributed by atoms with Crippen molar-refractivity contribution >= 4 is 38.3 Å². The molecule has 1 saturated heterocycles. The second kappa shape index (κ2) is 11.3. The molecule has 2 aliphatic rings. The van der Waals surface area contributed by atoms with Gasteiger partial charge in [0.25, 0.3) is 15.9 Å². The number of pyridine rings is 2. The molecule has 12 heteroatoms. The predicted octanol–water partition coefficient (Wildman–Crippen LogP) is 5.85. The van der Waals surface area contributed by atoms with E-state index in [1.54, 1.807) is 23.2 Å². The maximum Gasteiger partial charge on any atom is 0.264 e. The quantitative estimate of drug-likeness (QED) is 0.237. The monoisotopic (exact) mass is 640 g/mol. The summed E-state index contributed by atoms with van der Waals surface area (Å²) in [5, 5.41) is 0.799. The summed E-state index contributed by atoms with van der Waals surface area (Å²) in [5.74, 6) is -1.93. The molecule has 2 bridgehead atoms. The maximum absolute atomic E-state index is 14.3. The lowest BCUT2D eigenvalue weighted by atomic mass is 9.97. The van der Waals surface area contributed by atoms with Crippen molar-refractivity contribution in [2.75, 3.05) is 18.4 Å². The first kappa shape index (κ1) is 29.5. The molecule has 0 unspecified atom stereocenters. The number of hydrogen-bond acceptors (Lipinski definition) is 7. The van der Waals surface area contributed by atoms with Crippen molar-refractivity contribution in [1.29, 1.82) is 0 Å². The number of fused-ring (bicyclic) bond motifs is 3. The molecule has 3 heterocycles. The highest BCUT2D eigenvalue weighted by molar-refractivity contribution is 7.92. The van der Waals surface area contributed by atoms with Gasteiger partial charge in [-0.05, 0) is 77.6 Å². The van der Waals surface area contributed by atoms with Crippen LogP contribution in [-0.4, -0.2) is 54.7 Å². The minimum atomic E-state index is -4.46. The molecule has 5 aromatic rings. The van der Waals surface area contributed by atoms with E-state index in [9.17, 15) is 26.8 Å². The van der Waals surface area contributed by atoms with E-state index in [1.165, 1.54) is 19.4 Å². The number of halogens is 2. The SMILES string of the molecule is COc1ncc(-c2ccc3nccc(-c4ccc(C(=O)N5C[C@@H]6CC(=O)[C@H]5C6)cc4)c3c2)cc1NS(=O)(=O)c1ccc(F)cc1F. The van der Waals surface area contributed by atoms with Crippen LogP contribution in [0.1, 0.15) is 23.2 Å². The van der Waals surface area contributed by atoms with E-state index in [1.807, 2.05) is 36.4 Å². The van der Waals surface area contributed by atoms with Gasteiger partial charge in [0.15, 0.2) is 5.78 Å². The lowest BCUT2D eigenvalue weighted by Crippen LogP contribution is -2.42. The molecule has 232 valence electrons. The number of methoxy groups -OCH3 is 1. The van der Waals surface area contributed by atoms with Crippen molar-refractivity contribution in [3.63, 3.8) is 0 Å². The number of Topliss-reactive ketones (excluding diaryl/α,β-unsaturated/α-hetero) is 1. The molecule has 2 atom stereocenters. The molecule has 1 amide bonds. The number of benzene rings is 3. The topological polar surface area (TPSA) is 119 Å². The molecule has 2 fully saturated rings. The third-order valence-corrected chi connectivity index (χ3v) is 9.90. The minimum Gasteiger partial charge on any atom is -0.480 e. The van der Waals surface area contributed by atoms with Crippen molar-refractivity contribution in [1.82, 2.24) is 14.9 Å². The molecule has 0 spiro atoms. The van der Waals surface area contributed by atoms with E-state index in [2.05, 4.69) is 14.7 Å². The van der Waals surface area contributed by atoms with Crippen LogP contribution in [0, 0.1) is 17.6 Å². The predicted molar refractivity (Wildman–Crippen MR) is 167 cm³/mol. The molecule has 3 aromatic carbocycles. The second-order valence-corrected chi connectivity index (χ2v) is 13.0. The number of ether oxygens (including phenoxy) is 1. The first-order chi connectivity index (χ1) is 22.1. The van der Waals surface area contributed by atoms with Crippen molar-refractivity contribution in [2.24, 2.45) is 5.92 Å². The summed E-state index contributed by atoms with van der Waals surface area (Å²) in [7, 11) is -3.14. The molecule has 9 nitrogen and oxygen atoms in total. The van der Waals surface area contributed by atoms with Gasteiger partial charge in [0, 0.05) is 47.9 Å². The van der Waals surface area contributed by atoms with Crippen LogP contribution in [-0.2, 0) is 14.8 Å². The number of ketones is 1. The van der Waals surface area contributed by atoms with Gasteiger partial charge in [0.2, 0.25) is 5.88 Å². The molecule has 0 radical (unpaired) electrons. The van der Waals surface area contributed by atoms with Gasteiger partial charge in [0.1, 0.15) is 22.2 Å². The van der Waals surface area contributed by atoms with Gasteiger partial charge in [-0.2, -0.15) is 0 Å². The van der Waals surface area contributed by atoms with Crippen LogP contribution in [0.25, 0.3) is 33.2 Å². The van der Waals surface area contributed by atoms with E-state index in [-0.39, 0.29) is 35.2 Å². The number of nitrogens with one attached hydrogen (secondary N) is 1. The number of sulfonamides is 1. The first-order valence-electron chi connectivity index (χ1n) is 14.5. The van der Waals surface area contributed by atoms with E-state index >= 15 is 0 Å². The molecular weight excluding hydrogens is 614 g/mol. The summed E-state index contributed by atoms with van der Waals surface area (Å²) in [4.78, 5) is 35.1. The van der Waals surface area contributed by atoms with Crippen LogP contribution in [0.2, 0.25) is 0 Å². The number of amides is 1. The zero-order valence-corrected chi connectivity index (χ0v) is 25.2. The Hall–Kier alpha value is -5.23. The van der Waals surface area contributed by atoms with Gasteiger partial charge < -0.3 is 9.64 Å². The first-order valence-corrected chi connectivity index (χ1v) is 15.9. The number of aromatic nitrogens is 2. The molecule has 2 aromatic heterocycles. The maximum atomic E-state index is 14.3. The van der Waals surface area contributed by atoms with Crippen LogP contribution in [0.3, 0.4) is 0 Å². The summed E-state index contributed by atoms with van der Waals surface area (Å²) in [6.45, 7) is 0.612. The molecular formula is C34H26F2N4O5S. The van der Waals surface area contributed by atoms with Crippen molar-refractivity contribution < 1.29 is 31.5 Å². The van der Waals surface area contributed by atoms with Crippen molar-refractivity contribution in [3.05, 3.63) is 102 Å². The Morgan fingerprint density at radius 3 is 2.46 bits per heavy atom. The molecule has 7 rings (SSSR count). The zero-order valence-electron chi connectivity index (χ0n) is 24.4. The average molecular weight is 641 g/mol. The number of anilines is 1. The number of hydrogen-bond donors (Lipinski definition) is 1. The highest BCUT2D eigenvalue weighted by Crippen LogP contribution is 2.37. The Morgan fingerprint density at radius 1 is 0.957 bits per heavy atom. The molecule has 1 saturated carbocycles. The lowest BCUT2D eigenvalue weighted by Gasteiger charge is -2.26. The van der Waals surface area contributed by atoms with Crippen molar-refractivity contribution in [3.8, 4) is 28.1 Å². The van der Waals surface area contributed by atoms with Crippen LogP contribution in [0.15, 0.2) is 90.1 Å². The lowest BCUT2D eigenvalue weighted by molar-refractivity contribution is -0.122. The summed E-state index contributed by atoms with van der Waals surface area (Å²) in [6.07, 6.45) is 4.52. The van der Waals surface area contributed by atoms with E-state index in [0.29, 0.717) is 41.2 Å². The van der Waals surface area contributed by atoms with Gasteiger partial charge in [0.05, 0.1) is 18.7 Å². The van der Waals surface area contributed by atoms with Gasteiger partial charge in [-0.25, -0.2) is 22.2 Å². The number of piperidine rings is 1. The van der Waals surface area contributed by atoms with Crippen molar-refractivity contribution in [2.45, 2.75) is 23.8 Å². The van der Waals surface area contributed by atoms with Gasteiger partial charge >= 0.3 is 0 Å². The summed E-state index contributed by atoms with van der Waals surface area (Å²) in [5.41, 5.74) is 4.11. The normalized spacial score (nSPS) is 17.5. The number of nitrogens with zero attached hydrogens (tertiary/aromatic N) is 3. The van der Waals surface area contributed by atoms with Crippen LogP contribution in [0.4, 0.5) is 14.5 Å². The zero-order chi connectivity index (χ0) is 32.2. The number of rotatable bonds is 7. The average Bonchev–Trinajstić information content (AvgIpc) is 3.63. The number of carbonyl (C=O) groups excluding carboxylic acids is 2. The smallest absolute Gasteiger partial charge is 0.264 e. The third kappa shape index (κ3) is 5.24. The highest BCUT2D eigenvalue weighted by atomic mass is 32.2. The van der Waals surface area contributed by atoms with Crippen LogP contribution < -0.4 is 9.46 Å². The van der Waals surface area contributed by atoms with E-state index in [4.69, 9.17) is 4.74 Å². The van der Waals surface area contributed by atoms with Gasteiger partial charge in [-0.1, -0.05) is 18.2 Å². The Labute approximate surface area is 262 Å². The number of carbonyl (C=O) groups is 2. The second-order valence-electron chi connectivity index (χ2n) is 11.4. The highest BCUT2D eigenvalue weighted by Gasteiger charge is 2.46. The fourth-order valence-electron chi connectivity index (χ4n) is 6.30. The fraction of sp³-hybridized carbons (Fsp3) is 0.176. The Bertz CT molecular complexity index is 2160. The van der Waals surface area contributed by atoms with Crippen LogP contribution >= 0.6 is 0 Å². The molecule has 1 aliphatic carbocycles. The Kier molecular flexibility index (Phi) is 7.23. The standard InChI is InChI=1S/C34H26F2N4O5S/c1-45-33-29(39-46(43,44)32-9-7-24(35)16-27(32)36)15-23(17-38-33)22-6-8-28-26(14-22)25(10-11-37-28)20-2-4-21(5-3-20)34(42)40-18-19-12-30(40)31(41)13-19/h2-11,14-17,19,30,39H,12-13,18H2,1H3/t19-,30+/m0/s1. The Morgan fingerprint density at radius 2 is 1.74 bits per heavy atom. The van der Waals surface area contributed by atoms with Gasteiger partial charge in [-0.15, -0.1) is 0 Å². The van der Waals surface area contributed by atoms with E-state index < -0.39 is 26.6 Å². The third-order valence-electron chi connectivity index (χ3n) is 8.50. The van der Waals surface area contributed by atoms with Gasteiger partial charge in [-0.3, -0.25) is 19.3 Å². The van der Waals surface area contributed by atoms with Crippen LogP contribution in [0.5, 0.6) is 5.88 Å². The summed E-state index contributed by atoms with van der Waals surface area (Å²) < 4.78 is 61.3. The molecule has 1 aliphatic heterocycles. The minimum absolute atomic E-state index is 0.0385. The molecule has 46 heavy (non-hydrogen) atoms. The summed E-state index contributed by atoms with van der Waals surface area (Å²) >= 11 is 0. The summed E-state index contributed by atoms with van der Waals surface area (Å²) in [6, 6.07) is 18.0. The number of likely N-dealkylation sites (tertiary alicyclic amines) is 1. The largest absolute Gasteiger partial charge is 0.480 e. The fourth-order valence-corrected chi connectivity index (χ4v) is 7.40. The van der Waals surface area contributed by atoms with E-state index in [0.717, 1.165) is 35.1 Å². The molecule has 1 N–H and O–H groups in total. The Balaban J connectivity index is 1.20.